The molecule has 0 fully saturated rings. The standard InChI is InChI=1S/C23H23BrN2O3S2/c1-4-26(31(28,29)21-12-10-20(30-3)11-13-21)19-8-5-17(6-9-19)23(27)25-18-7-14-22(24)16(2)15-18/h5-15H,4H2,1-3H3,(H,25,27). The van der Waals surface area contributed by atoms with Crippen molar-refractivity contribution >= 4 is 55.0 Å². The minimum Gasteiger partial charge on any atom is -0.322 e. The number of nitrogens with zero attached hydrogens (tertiary/aromatic N) is 1. The number of aryl methyl sites for hydroxylation is 1. The lowest BCUT2D eigenvalue weighted by molar-refractivity contribution is 0.102. The Morgan fingerprint density at radius 2 is 1.68 bits per heavy atom. The van der Waals surface area contributed by atoms with Gasteiger partial charge in [-0.1, -0.05) is 15.9 Å². The Balaban J connectivity index is 1.80. The van der Waals surface area contributed by atoms with Gasteiger partial charge in [-0.25, -0.2) is 8.42 Å². The normalized spacial score (nSPS) is 11.2. The summed E-state index contributed by atoms with van der Waals surface area (Å²) in [5.74, 6) is -0.258. The van der Waals surface area contributed by atoms with Crippen LogP contribution in [0.15, 0.2) is 81.0 Å². The van der Waals surface area contributed by atoms with Gasteiger partial charge in [0.1, 0.15) is 0 Å². The highest BCUT2D eigenvalue weighted by atomic mass is 79.9. The second-order valence-corrected chi connectivity index (χ2v) is 10.4. The molecule has 0 saturated heterocycles. The SMILES string of the molecule is CCN(c1ccc(C(=O)Nc2ccc(Br)c(C)c2)cc1)S(=O)(=O)c1ccc(SC)cc1. The Kier molecular flexibility index (Phi) is 7.46. The molecule has 31 heavy (non-hydrogen) atoms. The quantitative estimate of drug-likeness (QED) is 0.392. The van der Waals surface area contributed by atoms with Gasteiger partial charge in [-0.3, -0.25) is 9.10 Å². The summed E-state index contributed by atoms with van der Waals surface area (Å²) in [6.45, 7) is 4.00. The molecule has 0 aliphatic carbocycles. The van der Waals surface area contributed by atoms with Gasteiger partial charge in [0, 0.05) is 27.2 Å². The number of sulfonamides is 1. The second-order valence-electron chi connectivity index (χ2n) is 6.81. The number of nitrogens with one attached hydrogen (secondary N) is 1. The van der Waals surface area contributed by atoms with Crippen LogP contribution < -0.4 is 9.62 Å². The molecular formula is C23H23BrN2O3S2. The van der Waals surface area contributed by atoms with Crippen molar-refractivity contribution in [2.45, 2.75) is 23.6 Å². The molecule has 3 aromatic rings. The lowest BCUT2D eigenvalue weighted by Gasteiger charge is -2.23. The van der Waals surface area contributed by atoms with Gasteiger partial charge in [-0.05, 0) is 92.4 Å². The molecule has 0 atom stereocenters. The summed E-state index contributed by atoms with van der Waals surface area (Å²) in [5.41, 5.74) is 2.67. The van der Waals surface area contributed by atoms with Crippen molar-refractivity contribution in [2.75, 3.05) is 22.4 Å². The molecule has 1 amide bonds. The molecule has 0 aliphatic heterocycles. The molecule has 0 heterocycles. The number of carbonyl (C=O) groups is 1. The molecule has 0 saturated carbocycles. The Morgan fingerprint density at radius 3 is 2.23 bits per heavy atom. The summed E-state index contributed by atoms with van der Waals surface area (Å²) in [6, 6.07) is 19.0. The Bertz CT molecular complexity index is 1180. The Labute approximate surface area is 196 Å². The Hall–Kier alpha value is -2.29. The molecule has 0 spiro atoms. The predicted octanol–water partition coefficient (Wildman–Crippen LogP) is 5.95. The van der Waals surface area contributed by atoms with Crippen molar-refractivity contribution < 1.29 is 13.2 Å². The van der Waals surface area contributed by atoms with E-state index in [2.05, 4.69) is 21.2 Å². The van der Waals surface area contributed by atoms with Crippen LogP contribution in [0.4, 0.5) is 11.4 Å². The summed E-state index contributed by atoms with van der Waals surface area (Å²) in [6.07, 6.45) is 1.94. The number of benzene rings is 3. The van der Waals surface area contributed by atoms with E-state index in [1.807, 2.05) is 31.4 Å². The average molecular weight is 519 g/mol. The van der Waals surface area contributed by atoms with Crippen LogP contribution in [0.3, 0.4) is 0 Å². The smallest absolute Gasteiger partial charge is 0.264 e. The first kappa shape index (κ1) is 23.4. The molecule has 162 valence electrons. The largest absolute Gasteiger partial charge is 0.322 e. The van der Waals surface area contributed by atoms with Gasteiger partial charge in [0.15, 0.2) is 0 Å². The molecule has 5 nitrogen and oxygen atoms in total. The van der Waals surface area contributed by atoms with Crippen LogP contribution in [-0.2, 0) is 10.0 Å². The molecular weight excluding hydrogens is 496 g/mol. The van der Waals surface area contributed by atoms with Crippen molar-refractivity contribution in [2.24, 2.45) is 0 Å². The van der Waals surface area contributed by atoms with Crippen molar-refractivity contribution in [1.29, 1.82) is 0 Å². The zero-order valence-electron chi connectivity index (χ0n) is 17.4. The summed E-state index contributed by atoms with van der Waals surface area (Å²) >= 11 is 5.00. The van der Waals surface area contributed by atoms with Crippen LogP contribution >= 0.6 is 27.7 Å². The van der Waals surface area contributed by atoms with Crippen LogP contribution in [-0.4, -0.2) is 27.1 Å². The van der Waals surface area contributed by atoms with Gasteiger partial charge in [0.25, 0.3) is 15.9 Å². The molecule has 0 aliphatic rings. The third kappa shape index (κ3) is 5.31. The van der Waals surface area contributed by atoms with Crippen LogP contribution in [0.25, 0.3) is 0 Å². The molecule has 0 radical (unpaired) electrons. The first-order valence-electron chi connectivity index (χ1n) is 9.60. The van der Waals surface area contributed by atoms with E-state index < -0.39 is 10.0 Å². The number of hydrogen-bond acceptors (Lipinski definition) is 4. The van der Waals surface area contributed by atoms with E-state index in [1.165, 1.54) is 4.31 Å². The first-order valence-corrected chi connectivity index (χ1v) is 13.1. The topological polar surface area (TPSA) is 66.5 Å². The fourth-order valence-electron chi connectivity index (χ4n) is 3.07. The van der Waals surface area contributed by atoms with Gasteiger partial charge < -0.3 is 5.32 Å². The molecule has 0 unspecified atom stereocenters. The average Bonchev–Trinajstić information content (AvgIpc) is 2.77. The van der Waals surface area contributed by atoms with E-state index in [4.69, 9.17) is 0 Å². The predicted molar refractivity (Wildman–Crippen MR) is 132 cm³/mol. The number of halogens is 1. The summed E-state index contributed by atoms with van der Waals surface area (Å²) in [5, 5.41) is 2.86. The minimum absolute atomic E-state index is 0.236. The number of thioether (sulfide) groups is 1. The van der Waals surface area contributed by atoms with E-state index in [0.29, 0.717) is 16.9 Å². The molecule has 3 aromatic carbocycles. The maximum atomic E-state index is 13.1. The summed E-state index contributed by atoms with van der Waals surface area (Å²) in [7, 11) is -3.70. The second kappa shape index (κ2) is 9.89. The maximum Gasteiger partial charge on any atom is 0.264 e. The van der Waals surface area contributed by atoms with Crippen LogP contribution in [0.1, 0.15) is 22.8 Å². The molecule has 3 rings (SSSR count). The van der Waals surface area contributed by atoms with Crippen molar-refractivity contribution in [1.82, 2.24) is 0 Å². The zero-order valence-corrected chi connectivity index (χ0v) is 20.6. The van der Waals surface area contributed by atoms with Crippen LogP contribution in [0.5, 0.6) is 0 Å². The van der Waals surface area contributed by atoms with Gasteiger partial charge in [0.05, 0.1) is 10.6 Å². The summed E-state index contributed by atoms with van der Waals surface area (Å²) < 4.78 is 28.5. The zero-order chi connectivity index (χ0) is 22.6. The van der Waals surface area contributed by atoms with E-state index >= 15 is 0 Å². The van der Waals surface area contributed by atoms with E-state index in [0.717, 1.165) is 14.9 Å². The highest BCUT2D eigenvalue weighted by Crippen LogP contribution is 2.26. The van der Waals surface area contributed by atoms with Crippen LogP contribution in [0, 0.1) is 6.92 Å². The van der Waals surface area contributed by atoms with E-state index in [1.54, 1.807) is 67.2 Å². The third-order valence-electron chi connectivity index (χ3n) is 4.77. The number of amides is 1. The van der Waals surface area contributed by atoms with Gasteiger partial charge >= 0.3 is 0 Å². The highest BCUT2D eigenvalue weighted by Gasteiger charge is 2.23. The number of carbonyl (C=O) groups excluding carboxylic acids is 1. The minimum atomic E-state index is -3.70. The Morgan fingerprint density at radius 1 is 1.03 bits per heavy atom. The fraction of sp³-hybridized carbons (Fsp3) is 0.174. The lowest BCUT2D eigenvalue weighted by Crippen LogP contribution is -2.30. The first-order chi connectivity index (χ1) is 14.8. The molecule has 0 bridgehead atoms. The van der Waals surface area contributed by atoms with Gasteiger partial charge in [-0.15, -0.1) is 11.8 Å². The van der Waals surface area contributed by atoms with Crippen molar-refractivity contribution in [3.63, 3.8) is 0 Å². The number of hydrogen-bond donors (Lipinski definition) is 1. The maximum absolute atomic E-state index is 13.1. The molecule has 1 N–H and O–H groups in total. The number of anilines is 2. The third-order valence-corrected chi connectivity index (χ3v) is 8.32. The fourth-order valence-corrected chi connectivity index (χ4v) is 5.20. The van der Waals surface area contributed by atoms with E-state index in [9.17, 15) is 13.2 Å². The number of rotatable bonds is 7. The lowest BCUT2D eigenvalue weighted by atomic mass is 10.1. The van der Waals surface area contributed by atoms with Crippen molar-refractivity contribution in [3.05, 3.63) is 82.3 Å². The highest BCUT2D eigenvalue weighted by molar-refractivity contribution is 9.10. The van der Waals surface area contributed by atoms with Crippen molar-refractivity contribution in [3.8, 4) is 0 Å². The monoisotopic (exact) mass is 518 g/mol. The van der Waals surface area contributed by atoms with Gasteiger partial charge in [-0.2, -0.15) is 0 Å². The van der Waals surface area contributed by atoms with Gasteiger partial charge in [0.2, 0.25) is 0 Å². The van der Waals surface area contributed by atoms with E-state index in [-0.39, 0.29) is 17.3 Å². The van der Waals surface area contributed by atoms with Crippen LogP contribution in [0.2, 0.25) is 0 Å². The molecule has 0 aromatic heterocycles. The molecule has 8 heteroatoms. The summed E-state index contributed by atoms with van der Waals surface area (Å²) in [4.78, 5) is 13.8.